The summed E-state index contributed by atoms with van der Waals surface area (Å²) in [6.07, 6.45) is 1.99. The van der Waals surface area contributed by atoms with Gasteiger partial charge in [-0.25, -0.2) is 4.79 Å². The summed E-state index contributed by atoms with van der Waals surface area (Å²) in [6.45, 7) is 7.46. The van der Waals surface area contributed by atoms with Crippen molar-refractivity contribution in [2.45, 2.75) is 39.2 Å². The van der Waals surface area contributed by atoms with E-state index in [0.29, 0.717) is 25.0 Å². The molecule has 0 radical (unpaired) electrons. The average Bonchev–Trinajstić information content (AvgIpc) is 2.61. The van der Waals surface area contributed by atoms with E-state index >= 15 is 0 Å². The van der Waals surface area contributed by atoms with Gasteiger partial charge in [-0.2, -0.15) is 0 Å². The molecule has 4 nitrogen and oxygen atoms in total. The molecule has 0 aromatic rings. The summed E-state index contributed by atoms with van der Waals surface area (Å²) < 4.78 is 9.97. The Bertz CT molecular complexity index is 295. The maximum atomic E-state index is 11.2. The molecule has 0 aromatic heterocycles. The second kappa shape index (κ2) is 5.68. The predicted molar refractivity (Wildman–Crippen MR) is 58.7 cm³/mol. The largest absolute Gasteiger partial charge is 0.465 e. The Balaban J connectivity index is 2.24. The van der Waals surface area contributed by atoms with Gasteiger partial charge in [0.05, 0.1) is 18.6 Å². The molecule has 0 aliphatic carbocycles. The third kappa shape index (κ3) is 3.68. The summed E-state index contributed by atoms with van der Waals surface area (Å²) in [5, 5.41) is 0. The summed E-state index contributed by atoms with van der Waals surface area (Å²) in [4.78, 5) is 22.4. The van der Waals surface area contributed by atoms with Crippen LogP contribution in [-0.4, -0.2) is 24.6 Å². The van der Waals surface area contributed by atoms with E-state index in [4.69, 9.17) is 9.47 Å². The first kappa shape index (κ1) is 12.7. The quantitative estimate of drug-likeness (QED) is 0.530. The molecule has 1 fully saturated rings. The van der Waals surface area contributed by atoms with Gasteiger partial charge in [0.15, 0.2) is 0 Å². The normalized spacial score (nSPS) is 21.4. The minimum Gasteiger partial charge on any atom is -0.465 e. The smallest absolute Gasteiger partial charge is 0.333 e. The lowest BCUT2D eigenvalue weighted by atomic mass is 10.0. The number of ether oxygens (including phenoxy) is 2. The zero-order valence-corrected chi connectivity index (χ0v) is 9.82. The molecule has 1 saturated heterocycles. The minimum absolute atomic E-state index is 0.0222. The highest BCUT2D eigenvalue weighted by molar-refractivity contribution is 5.87. The van der Waals surface area contributed by atoms with Gasteiger partial charge < -0.3 is 9.47 Å². The molecule has 4 heteroatoms. The zero-order valence-electron chi connectivity index (χ0n) is 9.82. The summed E-state index contributed by atoms with van der Waals surface area (Å²) in [7, 11) is 0. The fraction of sp³-hybridized carbons (Fsp3) is 0.667. The van der Waals surface area contributed by atoms with Crippen molar-refractivity contribution in [2.24, 2.45) is 5.92 Å². The van der Waals surface area contributed by atoms with E-state index in [1.165, 1.54) is 0 Å². The summed E-state index contributed by atoms with van der Waals surface area (Å²) in [5.41, 5.74) is 0.395. The van der Waals surface area contributed by atoms with Crippen LogP contribution in [0.4, 0.5) is 0 Å². The zero-order chi connectivity index (χ0) is 12.1. The third-order valence-electron chi connectivity index (χ3n) is 2.62. The van der Waals surface area contributed by atoms with Crippen LogP contribution in [0.5, 0.6) is 0 Å². The van der Waals surface area contributed by atoms with Crippen molar-refractivity contribution in [2.75, 3.05) is 6.61 Å². The van der Waals surface area contributed by atoms with Crippen LogP contribution in [-0.2, 0) is 19.1 Å². The van der Waals surface area contributed by atoms with E-state index in [2.05, 4.69) is 6.58 Å². The van der Waals surface area contributed by atoms with Crippen LogP contribution < -0.4 is 0 Å². The van der Waals surface area contributed by atoms with Gasteiger partial charge in [-0.15, -0.1) is 0 Å². The molecule has 1 aliphatic rings. The Kier molecular flexibility index (Phi) is 4.52. The molecule has 1 rings (SSSR count). The SMILES string of the molecule is C=C(C)C(=O)OC(C)CCC1CCOC1=O. The van der Waals surface area contributed by atoms with Crippen LogP contribution in [0, 0.1) is 5.92 Å². The second-order valence-electron chi connectivity index (χ2n) is 4.23. The Morgan fingerprint density at radius 1 is 1.69 bits per heavy atom. The van der Waals surface area contributed by atoms with Crippen molar-refractivity contribution < 1.29 is 19.1 Å². The van der Waals surface area contributed by atoms with Gasteiger partial charge in [0, 0.05) is 5.57 Å². The van der Waals surface area contributed by atoms with Crippen LogP contribution in [0.3, 0.4) is 0 Å². The molecule has 0 aromatic carbocycles. The molecule has 2 atom stereocenters. The van der Waals surface area contributed by atoms with Gasteiger partial charge in [0.1, 0.15) is 0 Å². The molecule has 90 valence electrons. The fourth-order valence-corrected chi connectivity index (χ4v) is 1.58. The van der Waals surface area contributed by atoms with E-state index in [1.54, 1.807) is 6.92 Å². The van der Waals surface area contributed by atoms with Gasteiger partial charge in [-0.05, 0) is 33.1 Å². The highest BCUT2D eigenvalue weighted by atomic mass is 16.5. The Labute approximate surface area is 95.6 Å². The van der Waals surface area contributed by atoms with Crippen LogP contribution in [0.1, 0.15) is 33.1 Å². The fourth-order valence-electron chi connectivity index (χ4n) is 1.58. The highest BCUT2D eigenvalue weighted by Crippen LogP contribution is 2.21. The molecule has 1 aliphatic heterocycles. The van der Waals surface area contributed by atoms with Gasteiger partial charge in [0.25, 0.3) is 0 Å². The lowest BCUT2D eigenvalue weighted by Gasteiger charge is -2.14. The molecule has 0 spiro atoms. The topological polar surface area (TPSA) is 52.6 Å². The summed E-state index contributed by atoms with van der Waals surface area (Å²) >= 11 is 0. The Morgan fingerprint density at radius 3 is 2.88 bits per heavy atom. The average molecular weight is 226 g/mol. The lowest BCUT2D eigenvalue weighted by molar-refractivity contribution is -0.144. The third-order valence-corrected chi connectivity index (χ3v) is 2.62. The maximum absolute atomic E-state index is 11.2. The first-order valence-corrected chi connectivity index (χ1v) is 5.54. The molecule has 2 unspecified atom stereocenters. The van der Waals surface area contributed by atoms with Crippen molar-refractivity contribution in [1.82, 2.24) is 0 Å². The molecule has 0 N–H and O–H groups in total. The van der Waals surface area contributed by atoms with Crippen molar-refractivity contribution in [1.29, 1.82) is 0 Å². The number of hydrogen-bond acceptors (Lipinski definition) is 4. The monoisotopic (exact) mass is 226 g/mol. The minimum atomic E-state index is -0.374. The van der Waals surface area contributed by atoms with E-state index < -0.39 is 0 Å². The van der Waals surface area contributed by atoms with Crippen molar-refractivity contribution in [3.8, 4) is 0 Å². The summed E-state index contributed by atoms with van der Waals surface area (Å²) in [5.74, 6) is -0.522. The first-order chi connectivity index (χ1) is 7.50. The standard InChI is InChI=1S/C12H18O4/c1-8(2)11(13)16-9(3)4-5-10-6-7-15-12(10)14/h9-10H,1,4-7H2,2-3H3. The van der Waals surface area contributed by atoms with Crippen molar-refractivity contribution >= 4 is 11.9 Å². The van der Waals surface area contributed by atoms with Gasteiger partial charge in [-0.3, -0.25) is 4.79 Å². The number of hydrogen-bond donors (Lipinski definition) is 0. The van der Waals surface area contributed by atoms with E-state index in [9.17, 15) is 9.59 Å². The molecular weight excluding hydrogens is 208 g/mol. The molecule has 16 heavy (non-hydrogen) atoms. The number of cyclic esters (lactones) is 1. The molecule has 0 bridgehead atoms. The summed E-state index contributed by atoms with van der Waals surface area (Å²) in [6, 6.07) is 0. The number of rotatable bonds is 5. The van der Waals surface area contributed by atoms with Crippen molar-refractivity contribution in [3.63, 3.8) is 0 Å². The molecular formula is C12H18O4. The Hall–Kier alpha value is -1.32. The van der Waals surface area contributed by atoms with E-state index in [1.807, 2.05) is 6.92 Å². The predicted octanol–water partition coefficient (Wildman–Crippen LogP) is 1.84. The second-order valence-corrected chi connectivity index (χ2v) is 4.23. The van der Waals surface area contributed by atoms with Crippen LogP contribution >= 0.6 is 0 Å². The number of carbonyl (C=O) groups is 2. The van der Waals surface area contributed by atoms with Crippen LogP contribution in [0.25, 0.3) is 0 Å². The lowest BCUT2D eigenvalue weighted by Crippen LogP contribution is -2.17. The number of carbonyl (C=O) groups excluding carboxylic acids is 2. The van der Waals surface area contributed by atoms with Crippen molar-refractivity contribution in [3.05, 3.63) is 12.2 Å². The Morgan fingerprint density at radius 2 is 2.38 bits per heavy atom. The van der Waals surface area contributed by atoms with Gasteiger partial charge in [0.2, 0.25) is 0 Å². The van der Waals surface area contributed by atoms with Gasteiger partial charge >= 0.3 is 11.9 Å². The highest BCUT2D eigenvalue weighted by Gasteiger charge is 2.26. The van der Waals surface area contributed by atoms with Crippen LogP contribution in [0.2, 0.25) is 0 Å². The van der Waals surface area contributed by atoms with Gasteiger partial charge in [-0.1, -0.05) is 6.58 Å². The number of esters is 2. The molecule has 0 saturated carbocycles. The van der Waals surface area contributed by atoms with E-state index in [-0.39, 0.29) is 24.0 Å². The van der Waals surface area contributed by atoms with E-state index in [0.717, 1.165) is 6.42 Å². The first-order valence-electron chi connectivity index (χ1n) is 5.54. The maximum Gasteiger partial charge on any atom is 0.333 e. The van der Waals surface area contributed by atoms with Crippen LogP contribution in [0.15, 0.2) is 12.2 Å². The molecule has 0 amide bonds. The molecule has 1 heterocycles.